The van der Waals surface area contributed by atoms with E-state index < -0.39 is 23.0 Å². The SMILES string of the molecule is FC(F)(F)c1ccc(C2CCC(NC3CCNC3)CC2)c(-c2nn[nH]n2)c1.NS(=O)[O-]. The molecule has 2 unspecified atom stereocenters. The summed E-state index contributed by atoms with van der Waals surface area (Å²) in [6.07, 6.45) is 0.679. The van der Waals surface area contributed by atoms with Crippen LogP contribution >= 0.6 is 0 Å². The van der Waals surface area contributed by atoms with Crippen LogP contribution in [0.5, 0.6) is 0 Å². The fourth-order valence-electron chi connectivity index (χ4n) is 4.26. The lowest BCUT2D eigenvalue weighted by molar-refractivity contribution is -0.137. The van der Waals surface area contributed by atoms with E-state index in [4.69, 9.17) is 8.76 Å². The first kappa shape index (κ1) is 23.7. The average molecular weight is 461 g/mol. The summed E-state index contributed by atoms with van der Waals surface area (Å²) < 4.78 is 57.0. The van der Waals surface area contributed by atoms with Gasteiger partial charge in [-0.1, -0.05) is 6.07 Å². The number of hydrogen-bond donors (Lipinski definition) is 4. The Morgan fingerprint density at radius 2 is 1.87 bits per heavy atom. The fourth-order valence-corrected chi connectivity index (χ4v) is 4.26. The molecule has 31 heavy (non-hydrogen) atoms. The highest BCUT2D eigenvalue weighted by molar-refractivity contribution is 7.76. The summed E-state index contributed by atoms with van der Waals surface area (Å²) in [5.74, 6) is 0.425. The number of nitrogens with two attached hydrogens (primary N) is 1. The second kappa shape index (κ2) is 10.6. The lowest BCUT2D eigenvalue weighted by Crippen LogP contribution is -2.41. The van der Waals surface area contributed by atoms with E-state index in [0.29, 0.717) is 17.6 Å². The molecule has 0 radical (unpaired) electrons. The van der Waals surface area contributed by atoms with Gasteiger partial charge in [-0.3, -0.25) is 9.35 Å². The third-order valence-corrected chi connectivity index (χ3v) is 5.67. The van der Waals surface area contributed by atoms with Crippen molar-refractivity contribution in [3.05, 3.63) is 29.3 Å². The van der Waals surface area contributed by atoms with Gasteiger partial charge in [-0.25, -0.2) is 0 Å². The van der Waals surface area contributed by atoms with E-state index >= 15 is 0 Å². The fraction of sp³-hybridized carbons (Fsp3) is 0.611. The second-order valence-electron chi connectivity index (χ2n) is 7.70. The number of hydrogen-bond acceptors (Lipinski definition) is 7. The summed E-state index contributed by atoms with van der Waals surface area (Å²) in [6, 6.07) is 4.91. The molecule has 5 N–H and O–H groups in total. The van der Waals surface area contributed by atoms with Crippen LogP contribution in [0.15, 0.2) is 18.2 Å². The van der Waals surface area contributed by atoms with Crippen LogP contribution < -0.4 is 15.8 Å². The van der Waals surface area contributed by atoms with E-state index in [9.17, 15) is 13.2 Å². The Balaban J connectivity index is 0.000000628. The van der Waals surface area contributed by atoms with Gasteiger partial charge in [0.2, 0.25) is 5.82 Å². The Morgan fingerprint density at radius 3 is 2.42 bits per heavy atom. The molecule has 1 saturated heterocycles. The van der Waals surface area contributed by atoms with E-state index in [1.54, 1.807) is 6.07 Å². The molecule has 2 heterocycles. The highest BCUT2D eigenvalue weighted by Crippen LogP contribution is 2.40. The first-order chi connectivity index (χ1) is 14.7. The van der Waals surface area contributed by atoms with Crippen molar-refractivity contribution in [3.63, 3.8) is 0 Å². The molecular formula is C18H25F3N7O2S-. The molecule has 1 aromatic heterocycles. The van der Waals surface area contributed by atoms with Gasteiger partial charge < -0.3 is 15.2 Å². The smallest absolute Gasteiger partial charge is 0.416 e. The van der Waals surface area contributed by atoms with Crippen LogP contribution in [-0.4, -0.2) is 54.6 Å². The standard InChI is InChI=1S/C18H23F3N6.H3NO2S/c19-18(20,21)12-3-6-15(16(9-12)17-24-26-27-25-17)11-1-4-13(5-2-11)23-14-7-8-22-10-14;1-4(2)3/h3,6,9,11,13-14,22-23H,1-2,4-5,7-8,10H2,(H,24,25,26,27);1H2,(H,2,3)/p-1. The molecule has 1 aromatic carbocycles. The number of benzene rings is 1. The topological polar surface area (TPSA) is 145 Å². The van der Waals surface area contributed by atoms with Crippen LogP contribution in [0.25, 0.3) is 11.4 Å². The predicted octanol–water partition coefficient (Wildman–Crippen LogP) is 1.60. The molecule has 1 saturated carbocycles. The zero-order valence-corrected chi connectivity index (χ0v) is 17.5. The second-order valence-corrected chi connectivity index (χ2v) is 8.22. The Morgan fingerprint density at radius 1 is 1.16 bits per heavy atom. The molecule has 0 spiro atoms. The monoisotopic (exact) mass is 460 g/mol. The molecule has 13 heteroatoms. The first-order valence-electron chi connectivity index (χ1n) is 9.99. The summed E-state index contributed by atoms with van der Waals surface area (Å²) in [6.45, 7) is 2.08. The highest BCUT2D eigenvalue weighted by Gasteiger charge is 2.33. The Kier molecular flexibility index (Phi) is 8.11. The normalized spacial score (nSPS) is 25.0. The number of nitrogens with zero attached hydrogens (tertiary/aromatic N) is 3. The number of tetrazole rings is 1. The zero-order valence-electron chi connectivity index (χ0n) is 16.7. The molecule has 2 aliphatic rings. The Hall–Kier alpha value is -1.93. The van der Waals surface area contributed by atoms with Crippen LogP contribution in [0, 0.1) is 0 Å². The molecule has 1 aliphatic heterocycles. The minimum absolute atomic E-state index is 0.209. The van der Waals surface area contributed by atoms with Gasteiger partial charge in [0.1, 0.15) is 0 Å². The molecule has 172 valence electrons. The molecule has 2 fully saturated rings. The van der Waals surface area contributed by atoms with E-state index in [1.807, 2.05) is 0 Å². The van der Waals surface area contributed by atoms with Crippen molar-refractivity contribution in [2.45, 2.75) is 56.3 Å². The van der Waals surface area contributed by atoms with Crippen molar-refractivity contribution >= 4 is 11.3 Å². The maximum atomic E-state index is 13.2. The number of aromatic nitrogens is 4. The van der Waals surface area contributed by atoms with Crippen molar-refractivity contribution < 1.29 is 21.9 Å². The Bertz CT molecular complexity index is 848. The molecular weight excluding hydrogens is 435 g/mol. The molecule has 1 aliphatic carbocycles. The molecule has 2 aromatic rings. The van der Waals surface area contributed by atoms with E-state index in [-0.39, 0.29) is 11.7 Å². The third-order valence-electron chi connectivity index (χ3n) is 5.67. The molecule has 9 nitrogen and oxygen atoms in total. The average Bonchev–Trinajstić information content (AvgIpc) is 3.41. The van der Waals surface area contributed by atoms with E-state index in [2.05, 4.69) is 36.4 Å². The van der Waals surface area contributed by atoms with Gasteiger partial charge in [0.15, 0.2) is 0 Å². The number of alkyl halides is 3. The van der Waals surface area contributed by atoms with Crippen LogP contribution in [0.3, 0.4) is 0 Å². The molecule has 4 rings (SSSR count). The lowest BCUT2D eigenvalue weighted by atomic mass is 9.79. The minimum atomic E-state index is -4.39. The van der Waals surface area contributed by atoms with Gasteiger partial charge in [-0.2, -0.15) is 18.4 Å². The zero-order chi connectivity index (χ0) is 22.4. The van der Waals surface area contributed by atoms with Gasteiger partial charge in [0.25, 0.3) is 0 Å². The largest absolute Gasteiger partial charge is 0.760 e. The van der Waals surface area contributed by atoms with Gasteiger partial charge in [-0.05, 0) is 67.5 Å². The maximum Gasteiger partial charge on any atom is 0.416 e. The minimum Gasteiger partial charge on any atom is -0.760 e. The van der Waals surface area contributed by atoms with E-state index in [1.165, 1.54) is 0 Å². The third kappa shape index (κ3) is 6.77. The quantitative estimate of drug-likeness (QED) is 0.507. The number of nitrogens with one attached hydrogen (secondary N) is 3. The van der Waals surface area contributed by atoms with Crippen LogP contribution in [-0.2, 0) is 17.4 Å². The van der Waals surface area contributed by atoms with Crippen molar-refractivity contribution in [3.8, 4) is 11.4 Å². The van der Waals surface area contributed by atoms with E-state index in [0.717, 1.165) is 62.9 Å². The van der Waals surface area contributed by atoms with Crippen molar-refractivity contribution in [1.82, 2.24) is 31.3 Å². The first-order valence-corrected chi connectivity index (χ1v) is 11.1. The summed E-state index contributed by atoms with van der Waals surface area (Å²) in [5, 5.41) is 24.8. The summed E-state index contributed by atoms with van der Waals surface area (Å²) in [7, 11) is 0. The molecule has 0 amide bonds. The van der Waals surface area contributed by atoms with Crippen LogP contribution in [0.4, 0.5) is 13.2 Å². The lowest BCUT2D eigenvalue weighted by Gasteiger charge is -2.32. The Labute approximate surface area is 180 Å². The highest BCUT2D eigenvalue weighted by atomic mass is 32.2. The predicted molar refractivity (Wildman–Crippen MR) is 107 cm³/mol. The summed E-state index contributed by atoms with van der Waals surface area (Å²) >= 11 is -2.36. The maximum absolute atomic E-state index is 13.2. The number of aromatic amines is 1. The van der Waals surface area contributed by atoms with Crippen molar-refractivity contribution in [2.24, 2.45) is 5.14 Å². The van der Waals surface area contributed by atoms with Crippen LogP contribution in [0.1, 0.15) is 49.1 Å². The van der Waals surface area contributed by atoms with Crippen molar-refractivity contribution in [1.29, 1.82) is 0 Å². The molecule has 2 atom stereocenters. The van der Waals surface area contributed by atoms with Gasteiger partial charge >= 0.3 is 6.18 Å². The van der Waals surface area contributed by atoms with Gasteiger partial charge in [-0.15, -0.1) is 10.2 Å². The number of rotatable bonds is 4. The summed E-state index contributed by atoms with van der Waals surface area (Å²) in [5.41, 5.74) is 0.621. The van der Waals surface area contributed by atoms with Crippen molar-refractivity contribution in [2.75, 3.05) is 13.1 Å². The molecule has 0 bridgehead atoms. The van der Waals surface area contributed by atoms with Crippen LogP contribution in [0.2, 0.25) is 0 Å². The van der Waals surface area contributed by atoms with Gasteiger partial charge in [0, 0.05) is 35.5 Å². The number of H-pyrrole nitrogens is 1. The van der Waals surface area contributed by atoms with Gasteiger partial charge in [0.05, 0.1) is 5.56 Å². The number of halogens is 3. The summed E-state index contributed by atoms with van der Waals surface area (Å²) in [4.78, 5) is 0.